The first-order valence-electron chi connectivity index (χ1n) is 18.0. The molecule has 0 amide bonds. The molecule has 248 valence electrons. The predicted octanol–water partition coefficient (Wildman–Crippen LogP) is 14.6. The van der Waals surface area contributed by atoms with E-state index in [0.29, 0.717) is 0 Å². The lowest BCUT2D eigenvalue weighted by molar-refractivity contribution is 0.669. The van der Waals surface area contributed by atoms with Gasteiger partial charge >= 0.3 is 0 Å². The maximum atomic E-state index is 6.68. The summed E-state index contributed by atoms with van der Waals surface area (Å²) in [5.74, 6) is 0. The zero-order valence-electron chi connectivity index (χ0n) is 28.7. The fraction of sp³-hybridized carbons (Fsp3) is 0. The molecule has 11 rings (SSSR count). The maximum Gasteiger partial charge on any atom is 0.143 e. The Hall–Kier alpha value is -7.10. The van der Waals surface area contributed by atoms with Gasteiger partial charge in [0.1, 0.15) is 22.3 Å². The normalized spacial score (nSPS) is 11.8. The average Bonchev–Trinajstić information content (AvgIpc) is 3.81. The Morgan fingerprint density at radius 1 is 0.340 bits per heavy atom. The molecule has 0 unspecified atom stereocenters. The first-order chi connectivity index (χ1) is 26.3. The molecular formula is C50H31NO2. The van der Waals surface area contributed by atoms with E-state index in [1.165, 1.54) is 21.9 Å². The van der Waals surface area contributed by atoms with E-state index in [4.69, 9.17) is 8.83 Å². The molecule has 9 aromatic carbocycles. The van der Waals surface area contributed by atoms with Gasteiger partial charge in [0.15, 0.2) is 0 Å². The first-order valence-corrected chi connectivity index (χ1v) is 18.0. The van der Waals surface area contributed by atoms with E-state index < -0.39 is 0 Å². The van der Waals surface area contributed by atoms with E-state index in [9.17, 15) is 0 Å². The van der Waals surface area contributed by atoms with Crippen LogP contribution in [0.25, 0.3) is 87.7 Å². The highest BCUT2D eigenvalue weighted by molar-refractivity contribution is 6.20. The number of furan rings is 2. The van der Waals surface area contributed by atoms with Gasteiger partial charge in [-0.25, -0.2) is 0 Å². The fourth-order valence-corrected chi connectivity index (χ4v) is 8.15. The van der Waals surface area contributed by atoms with Crippen molar-refractivity contribution in [2.45, 2.75) is 0 Å². The molecule has 2 aromatic heterocycles. The molecule has 11 aromatic rings. The van der Waals surface area contributed by atoms with E-state index in [0.717, 1.165) is 82.8 Å². The van der Waals surface area contributed by atoms with E-state index in [1.807, 2.05) is 12.1 Å². The molecule has 2 heterocycles. The standard InChI is InChI=1S/C50H31NO2/c1-2-12-35-30-36(23-22-32(35)10-1)33-24-27-38(28-25-33)51(44-18-9-21-47-49(44)43-29-26-34-11-3-4-15-41(34)50(43)53-47)39-14-7-13-37(31-39)40-17-8-20-46-48(40)42-16-5-6-19-45(42)52-46/h1-31H. The number of benzene rings is 9. The van der Waals surface area contributed by atoms with Crippen molar-refractivity contribution in [2.24, 2.45) is 0 Å². The highest BCUT2D eigenvalue weighted by atomic mass is 16.3. The molecule has 3 heteroatoms. The highest BCUT2D eigenvalue weighted by Crippen LogP contribution is 2.46. The lowest BCUT2D eigenvalue weighted by atomic mass is 9.98. The maximum absolute atomic E-state index is 6.68. The highest BCUT2D eigenvalue weighted by Gasteiger charge is 2.21. The second kappa shape index (κ2) is 11.7. The minimum Gasteiger partial charge on any atom is -0.456 e. The predicted molar refractivity (Wildman–Crippen MR) is 222 cm³/mol. The Kier molecular flexibility index (Phi) is 6.55. The molecule has 0 radical (unpaired) electrons. The smallest absolute Gasteiger partial charge is 0.143 e. The number of hydrogen-bond donors (Lipinski definition) is 0. The summed E-state index contributed by atoms with van der Waals surface area (Å²) in [6, 6.07) is 66.8. The summed E-state index contributed by atoms with van der Waals surface area (Å²) >= 11 is 0. The van der Waals surface area contributed by atoms with Crippen molar-refractivity contribution in [2.75, 3.05) is 4.90 Å². The van der Waals surface area contributed by atoms with Crippen LogP contribution in [0.1, 0.15) is 0 Å². The topological polar surface area (TPSA) is 29.5 Å². The van der Waals surface area contributed by atoms with Gasteiger partial charge < -0.3 is 13.7 Å². The SMILES string of the molecule is c1cc(-c2cccc3oc4ccccc4c23)cc(N(c2ccc(-c3ccc4ccccc4c3)cc2)c2cccc3oc4c5ccccc5ccc4c23)c1. The molecule has 0 saturated carbocycles. The summed E-state index contributed by atoms with van der Waals surface area (Å²) in [6.07, 6.45) is 0. The summed E-state index contributed by atoms with van der Waals surface area (Å²) in [4.78, 5) is 2.37. The largest absolute Gasteiger partial charge is 0.456 e. The zero-order chi connectivity index (χ0) is 34.9. The fourth-order valence-electron chi connectivity index (χ4n) is 8.15. The van der Waals surface area contributed by atoms with Gasteiger partial charge in [-0.3, -0.25) is 0 Å². The van der Waals surface area contributed by atoms with Crippen LogP contribution >= 0.6 is 0 Å². The Bertz CT molecular complexity index is 3180. The molecule has 53 heavy (non-hydrogen) atoms. The van der Waals surface area contributed by atoms with Crippen molar-refractivity contribution in [3.63, 3.8) is 0 Å². The second-order valence-corrected chi connectivity index (χ2v) is 13.7. The van der Waals surface area contributed by atoms with Gasteiger partial charge in [0.25, 0.3) is 0 Å². The summed E-state index contributed by atoms with van der Waals surface area (Å²) in [7, 11) is 0. The van der Waals surface area contributed by atoms with Crippen molar-refractivity contribution in [3.05, 3.63) is 188 Å². The minimum atomic E-state index is 0.859. The van der Waals surface area contributed by atoms with Gasteiger partial charge in [-0.05, 0) is 99.1 Å². The van der Waals surface area contributed by atoms with Crippen molar-refractivity contribution in [3.8, 4) is 22.3 Å². The van der Waals surface area contributed by atoms with Gasteiger partial charge in [-0.1, -0.05) is 127 Å². The number of fused-ring (bicyclic) bond motifs is 9. The lowest BCUT2D eigenvalue weighted by Crippen LogP contribution is -2.10. The zero-order valence-corrected chi connectivity index (χ0v) is 28.7. The van der Waals surface area contributed by atoms with Crippen molar-refractivity contribution < 1.29 is 8.83 Å². The summed E-state index contributed by atoms with van der Waals surface area (Å²) in [5, 5.41) is 9.17. The molecule has 0 saturated heterocycles. The molecule has 0 aliphatic carbocycles. The van der Waals surface area contributed by atoms with Gasteiger partial charge in [0, 0.05) is 32.9 Å². The van der Waals surface area contributed by atoms with Crippen molar-refractivity contribution in [1.29, 1.82) is 0 Å². The summed E-state index contributed by atoms with van der Waals surface area (Å²) < 4.78 is 13.0. The number of rotatable bonds is 5. The van der Waals surface area contributed by atoms with Crippen molar-refractivity contribution >= 4 is 82.5 Å². The second-order valence-electron chi connectivity index (χ2n) is 13.7. The minimum absolute atomic E-state index is 0.859. The van der Waals surface area contributed by atoms with E-state index in [2.05, 4.69) is 181 Å². The number of para-hydroxylation sites is 1. The van der Waals surface area contributed by atoms with Crippen LogP contribution in [0.5, 0.6) is 0 Å². The van der Waals surface area contributed by atoms with Crippen LogP contribution in [-0.4, -0.2) is 0 Å². The third-order valence-electron chi connectivity index (χ3n) is 10.6. The Morgan fingerprint density at radius 2 is 1.02 bits per heavy atom. The van der Waals surface area contributed by atoms with Crippen LogP contribution in [0.15, 0.2) is 197 Å². The van der Waals surface area contributed by atoms with Gasteiger partial charge in [0.2, 0.25) is 0 Å². The van der Waals surface area contributed by atoms with Crippen LogP contribution in [0, 0.1) is 0 Å². The van der Waals surface area contributed by atoms with Crippen LogP contribution < -0.4 is 4.90 Å². The Morgan fingerprint density at radius 3 is 1.91 bits per heavy atom. The third-order valence-corrected chi connectivity index (χ3v) is 10.6. The molecule has 0 aliphatic heterocycles. The molecule has 0 N–H and O–H groups in total. The van der Waals surface area contributed by atoms with Gasteiger partial charge in [-0.2, -0.15) is 0 Å². The van der Waals surface area contributed by atoms with Crippen LogP contribution in [0.4, 0.5) is 17.1 Å². The van der Waals surface area contributed by atoms with E-state index >= 15 is 0 Å². The van der Waals surface area contributed by atoms with Gasteiger partial charge in [-0.15, -0.1) is 0 Å². The molecule has 0 atom stereocenters. The number of nitrogens with zero attached hydrogens (tertiary/aromatic N) is 1. The Labute approximate surface area is 305 Å². The molecule has 0 bridgehead atoms. The average molecular weight is 678 g/mol. The molecule has 3 nitrogen and oxygen atoms in total. The quantitative estimate of drug-likeness (QED) is 0.182. The summed E-state index contributed by atoms with van der Waals surface area (Å²) in [6.45, 7) is 0. The first kappa shape index (κ1) is 29.6. The van der Waals surface area contributed by atoms with E-state index in [-0.39, 0.29) is 0 Å². The molecule has 0 spiro atoms. The monoisotopic (exact) mass is 677 g/mol. The molecule has 0 aliphatic rings. The van der Waals surface area contributed by atoms with Gasteiger partial charge in [0.05, 0.1) is 11.1 Å². The van der Waals surface area contributed by atoms with Crippen LogP contribution in [-0.2, 0) is 0 Å². The number of anilines is 3. The summed E-state index contributed by atoms with van der Waals surface area (Å²) in [5.41, 5.74) is 11.3. The molecule has 0 fully saturated rings. The van der Waals surface area contributed by atoms with Crippen LogP contribution in [0.3, 0.4) is 0 Å². The Balaban J connectivity index is 1.12. The van der Waals surface area contributed by atoms with Crippen LogP contribution in [0.2, 0.25) is 0 Å². The molecular weight excluding hydrogens is 647 g/mol. The lowest BCUT2D eigenvalue weighted by Gasteiger charge is -2.27. The van der Waals surface area contributed by atoms with Crippen molar-refractivity contribution in [1.82, 2.24) is 0 Å². The number of hydrogen-bond acceptors (Lipinski definition) is 3. The third kappa shape index (κ3) is 4.75. The van der Waals surface area contributed by atoms with E-state index in [1.54, 1.807) is 0 Å².